The van der Waals surface area contributed by atoms with E-state index < -0.39 is 0 Å². The maximum absolute atomic E-state index is 13.9. The molecule has 3 rings (SSSR count). The van der Waals surface area contributed by atoms with E-state index in [-0.39, 0.29) is 11.2 Å². The Hall–Kier alpha value is -1.14. The summed E-state index contributed by atoms with van der Waals surface area (Å²) in [6.45, 7) is 3.90. The summed E-state index contributed by atoms with van der Waals surface area (Å²) in [5.74, 6) is 0.474. The first-order valence-corrected chi connectivity index (χ1v) is 8.07. The van der Waals surface area contributed by atoms with Crippen molar-refractivity contribution in [1.82, 2.24) is 9.55 Å². The molecule has 108 valence electrons. The summed E-state index contributed by atoms with van der Waals surface area (Å²) < 4.78 is 16.4. The molecule has 0 N–H and O–H groups in total. The number of nitrogens with zero attached hydrogens (tertiary/aromatic N) is 2. The predicted molar refractivity (Wildman–Crippen MR) is 92.8 cm³/mol. The zero-order valence-electron chi connectivity index (χ0n) is 11.6. The number of fused-ring (bicyclic) bond motifs is 1. The monoisotopic (exact) mass is 414 g/mol. The molecule has 2 aromatic carbocycles. The molecule has 1 aromatic heterocycles. The van der Waals surface area contributed by atoms with Crippen LogP contribution in [0.1, 0.15) is 23.7 Å². The predicted octanol–water partition coefficient (Wildman–Crippen LogP) is 5.38. The van der Waals surface area contributed by atoms with Crippen molar-refractivity contribution in [1.29, 1.82) is 0 Å². The Morgan fingerprint density at radius 3 is 2.52 bits per heavy atom. The minimum atomic E-state index is -0.264. The van der Waals surface area contributed by atoms with Gasteiger partial charge in [-0.2, -0.15) is 0 Å². The molecule has 0 aliphatic heterocycles. The minimum absolute atomic E-state index is 0.245. The zero-order valence-corrected chi connectivity index (χ0v) is 14.5. The number of benzene rings is 2. The normalized spacial score (nSPS) is 12.8. The van der Waals surface area contributed by atoms with Gasteiger partial charge in [-0.25, -0.2) is 9.37 Å². The molecule has 3 aromatic rings. The fourth-order valence-electron chi connectivity index (χ4n) is 2.32. The van der Waals surface area contributed by atoms with E-state index in [1.165, 1.54) is 11.6 Å². The van der Waals surface area contributed by atoms with Gasteiger partial charge in [-0.1, -0.05) is 17.7 Å². The number of rotatable bonds is 2. The summed E-state index contributed by atoms with van der Waals surface area (Å²) >= 11 is 8.23. The number of aromatic nitrogens is 2. The molecule has 0 aliphatic rings. The van der Waals surface area contributed by atoms with Gasteiger partial charge in [0.25, 0.3) is 0 Å². The van der Waals surface area contributed by atoms with Crippen molar-refractivity contribution in [2.24, 2.45) is 0 Å². The van der Waals surface area contributed by atoms with E-state index in [9.17, 15) is 4.39 Å². The van der Waals surface area contributed by atoms with Gasteiger partial charge in [0.2, 0.25) is 0 Å². The van der Waals surface area contributed by atoms with Gasteiger partial charge in [0, 0.05) is 11.8 Å². The molecule has 21 heavy (non-hydrogen) atoms. The first-order valence-electron chi connectivity index (χ1n) is 6.56. The van der Waals surface area contributed by atoms with Gasteiger partial charge in [0.15, 0.2) is 0 Å². The lowest BCUT2D eigenvalue weighted by atomic mass is 10.2. The second kappa shape index (κ2) is 5.57. The number of hydrogen-bond donors (Lipinski definition) is 0. The highest BCUT2D eigenvalue weighted by molar-refractivity contribution is 14.1. The van der Waals surface area contributed by atoms with Crippen molar-refractivity contribution in [3.05, 3.63) is 57.2 Å². The Bertz CT molecular complexity index is 809. The third-order valence-corrected chi connectivity index (χ3v) is 4.39. The number of imidazole rings is 1. The van der Waals surface area contributed by atoms with Gasteiger partial charge in [-0.3, -0.25) is 4.57 Å². The number of aryl methyl sites for hydroxylation is 1. The van der Waals surface area contributed by atoms with Crippen LogP contribution in [0.3, 0.4) is 0 Å². The maximum atomic E-state index is 13.9. The lowest BCUT2D eigenvalue weighted by Crippen LogP contribution is -2.02. The smallest absolute Gasteiger partial charge is 0.138 e. The third kappa shape index (κ3) is 2.66. The minimum Gasteiger partial charge on any atom is -0.295 e. The molecule has 0 fully saturated rings. The highest BCUT2D eigenvalue weighted by Gasteiger charge is 2.18. The van der Waals surface area contributed by atoms with Crippen molar-refractivity contribution in [3.63, 3.8) is 0 Å². The molecule has 5 heteroatoms. The van der Waals surface area contributed by atoms with Crippen LogP contribution in [0.5, 0.6) is 0 Å². The summed E-state index contributed by atoms with van der Waals surface area (Å²) in [4.78, 5) is 4.57. The van der Waals surface area contributed by atoms with E-state index >= 15 is 0 Å². The first-order chi connectivity index (χ1) is 9.97. The average Bonchev–Trinajstić information content (AvgIpc) is 2.79. The van der Waals surface area contributed by atoms with Gasteiger partial charge in [-0.05, 0) is 54.6 Å². The second-order valence-corrected chi connectivity index (χ2v) is 6.83. The molecular formula is C16H13ClFIN2. The molecule has 0 amide bonds. The Labute approximate surface area is 141 Å². The lowest BCUT2D eigenvalue weighted by molar-refractivity contribution is 0.621. The standard InChI is InChI=1S/C16H13ClFIN2/c1-9-3-5-11(6-4-9)21-15-7-12(18)13(19)8-14(15)20-16(21)10(2)17/h3-8,10H,1-2H3. The summed E-state index contributed by atoms with van der Waals surface area (Å²) in [6.07, 6.45) is 0. The number of alkyl halides is 1. The van der Waals surface area contributed by atoms with Crippen LogP contribution in [0.2, 0.25) is 0 Å². The molecule has 0 saturated heterocycles. The van der Waals surface area contributed by atoms with E-state index in [0.29, 0.717) is 3.57 Å². The van der Waals surface area contributed by atoms with E-state index in [1.54, 1.807) is 6.07 Å². The molecule has 1 heterocycles. The molecule has 0 radical (unpaired) electrons. The molecule has 0 saturated carbocycles. The largest absolute Gasteiger partial charge is 0.295 e. The van der Waals surface area contributed by atoms with E-state index in [4.69, 9.17) is 11.6 Å². The van der Waals surface area contributed by atoms with Crippen LogP contribution in [-0.2, 0) is 0 Å². The quantitative estimate of drug-likeness (QED) is 0.407. The molecule has 0 aliphatic carbocycles. The van der Waals surface area contributed by atoms with E-state index in [1.807, 2.05) is 65.3 Å². The molecule has 1 unspecified atom stereocenters. The molecular weight excluding hydrogens is 402 g/mol. The van der Waals surface area contributed by atoms with Crippen molar-refractivity contribution >= 4 is 45.2 Å². The lowest BCUT2D eigenvalue weighted by Gasteiger charge is -2.11. The van der Waals surface area contributed by atoms with Crippen molar-refractivity contribution < 1.29 is 4.39 Å². The molecule has 0 spiro atoms. The number of hydrogen-bond acceptors (Lipinski definition) is 1. The fourth-order valence-corrected chi connectivity index (χ4v) is 2.92. The molecule has 1 atom stereocenters. The SMILES string of the molecule is Cc1ccc(-n2c(C(C)Cl)nc3cc(I)c(F)cc32)cc1. The maximum Gasteiger partial charge on any atom is 0.138 e. The van der Waals surface area contributed by atoms with Gasteiger partial charge in [-0.15, -0.1) is 11.6 Å². The topological polar surface area (TPSA) is 17.8 Å². The van der Waals surface area contributed by atoms with Crippen molar-refractivity contribution in [2.45, 2.75) is 19.2 Å². The van der Waals surface area contributed by atoms with Crippen LogP contribution in [0, 0.1) is 16.3 Å². The van der Waals surface area contributed by atoms with Crippen LogP contribution >= 0.6 is 34.2 Å². The molecule has 0 bridgehead atoms. The highest BCUT2D eigenvalue weighted by Crippen LogP contribution is 2.30. The van der Waals surface area contributed by atoms with Crippen molar-refractivity contribution in [3.8, 4) is 5.69 Å². The van der Waals surface area contributed by atoms with E-state index in [0.717, 1.165) is 22.5 Å². The summed E-state index contributed by atoms with van der Waals surface area (Å²) in [6, 6.07) is 11.3. The highest BCUT2D eigenvalue weighted by atomic mass is 127. The van der Waals surface area contributed by atoms with Crippen LogP contribution < -0.4 is 0 Å². The van der Waals surface area contributed by atoms with Crippen molar-refractivity contribution in [2.75, 3.05) is 0 Å². The van der Waals surface area contributed by atoms with E-state index in [2.05, 4.69) is 4.98 Å². The molecule has 2 nitrogen and oxygen atoms in total. The Kier molecular flexibility index (Phi) is 3.92. The Balaban J connectivity index is 2.35. The van der Waals surface area contributed by atoms with Gasteiger partial charge < -0.3 is 0 Å². The number of halogens is 3. The second-order valence-electron chi connectivity index (χ2n) is 5.01. The zero-order chi connectivity index (χ0) is 15.1. The Morgan fingerprint density at radius 2 is 1.90 bits per heavy atom. The van der Waals surface area contributed by atoms with Crippen LogP contribution in [0.15, 0.2) is 36.4 Å². The first kappa shape index (κ1) is 14.8. The van der Waals surface area contributed by atoms with Crippen LogP contribution in [0.25, 0.3) is 16.7 Å². The Morgan fingerprint density at radius 1 is 1.24 bits per heavy atom. The van der Waals surface area contributed by atoms with Gasteiger partial charge in [0.05, 0.1) is 20.0 Å². The summed E-state index contributed by atoms with van der Waals surface area (Å²) in [7, 11) is 0. The average molecular weight is 415 g/mol. The van der Waals surface area contributed by atoms with Crippen LogP contribution in [0.4, 0.5) is 4.39 Å². The fraction of sp³-hybridized carbons (Fsp3) is 0.188. The summed E-state index contributed by atoms with van der Waals surface area (Å²) in [5, 5.41) is -0.264. The van der Waals surface area contributed by atoms with Crippen LogP contribution in [-0.4, -0.2) is 9.55 Å². The van der Waals surface area contributed by atoms with Gasteiger partial charge >= 0.3 is 0 Å². The summed E-state index contributed by atoms with van der Waals surface area (Å²) in [5.41, 5.74) is 3.60. The third-order valence-electron chi connectivity index (χ3n) is 3.37. The van der Waals surface area contributed by atoms with Gasteiger partial charge in [0.1, 0.15) is 11.6 Å².